The highest BCUT2D eigenvalue weighted by molar-refractivity contribution is 6.31. The normalized spacial score (nSPS) is 16.4. The van der Waals surface area contributed by atoms with Crippen molar-refractivity contribution in [1.82, 2.24) is 14.7 Å². The van der Waals surface area contributed by atoms with Crippen LogP contribution in [0.5, 0.6) is 0 Å². The number of halogens is 2. The topological polar surface area (TPSA) is 53.1 Å². The number of benzene rings is 1. The van der Waals surface area contributed by atoms with Gasteiger partial charge < -0.3 is 14.5 Å². The van der Waals surface area contributed by atoms with Gasteiger partial charge >= 0.3 is 6.09 Å². The second-order valence-electron chi connectivity index (χ2n) is 6.06. The van der Waals surface area contributed by atoms with Crippen LogP contribution in [-0.2, 0) is 16.1 Å². The molecular weight excluding hydrogens is 349 g/mol. The molecule has 1 unspecified atom stereocenters. The summed E-state index contributed by atoms with van der Waals surface area (Å²) in [4.78, 5) is 29.3. The van der Waals surface area contributed by atoms with Crippen molar-refractivity contribution >= 4 is 23.6 Å². The fourth-order valence-corrected chi connectivity index (χ4v) is 3.12. The molecule has 0 saturated carbocycles. The first-order valence-electron chi connectivity index (χ1n) is 8.10. The Morgan fingerprint density at radius 1 is 1.32 bits per heavy atom. The van der Waals surface area contributed by atoms with Crippen LogP contribution in [0.25, 0.3) is 0 Å². The van der Waals surface area contributed by atoms with Gasteiger partial charge in [-0.25, -0.2) is 9.18 Å². The fourth-order valence-electron chi connectivity index (χ4n) is 2.89. The predicted molar refractivity (Wildman–Crippen MR) is 92.9 cm³/mol. The van der Waals surface area contributed by atoms with E-state index >= 15 is 0 Å². The Labute approximate surface area is 152 Å². The first kappa shape index (κ1) is 19.5. The van der Waals surface area contributed by atoms with Crippen LogP contribution in [0.4, 0.5) is 9.18 Å². The average molecular weight is 372 g/mol. The zero-order valence-corrected chi connectivity index (χ0v) is 15.4. The van der Waals surface area contributed by atoms with E-state index in [1.54, 1.807) is 18.0 Å². The SMILES string of the molecule is COC(=O)N1CCN(C(C)C(=O)N(C)Cc2c(F)cccc2Cl)CC1. The van der Waals surface area contributed by atoms with Crippen LogP contribution in [0.1, 0.15) is 12.5 Å². The average Bonchev–Trinajstić information content (AvgIpc) is 2.62. The molecule has 0 N–H and O–H groups in total. The van der Waals surface area contributed by atoms with Crippen molar-refractivity contribution in [3.05, 3.63) is 34.6 Å². The summed E-state index contributed by atoms with van der Waals surface area (Å²) in [6.07, 6.45) is -0.357. The monoisotopic (exact) mass is 371 g/mol. The highest BCUT2D eigenvalue weighted by Crippen LogP contribution is 2.21. The Bertz CT molecular complexity index is 615. The lowest BCUT2D eigenvalue weighted by atomic mass is 10.1. The third-order valence-corrected chi connectivity index (χ3v) is 4.84. The quantitative estimate of drug-likeness (QED) is 0.814. The number of amides is 2. The van der Waals surface area contributed by atoms with E-state index in [2.05, 4.69) is 0 Å². The van der Waals surface area contributed by atoms with E-state index in [-0.39, 0.29) is 24.6 Å². The number of nitrogens with zero attached hydrogens (tertiary/aromatic N) is 3. The molecule has 1 aromatic rings. The number of likely N-dealkylation sites (N-methyl/N-ethyl adjacent to an activating group) is 1. The smallest absolute Gasteiger partial charge is 0.409 e. The first-order chi connectivity index (χ1) is 11.8. The van der Waals surface area contributed by atoms with E-state index in [4.69, 9.17) is 16.3 Å². The first-order valence-corrected chi connectivity index (χ1v) is 8.47. The van der Waals surface area contributed by atoms with Crippen LogP contribution >= 0.6 is 11.6 Å². The molecule has 1 aliphatic heterocycles. The number of hydrogen-bond acceptors (Lipinski definition) is 4. The van der Waals surface area contributed by atoms with Gasteiger partial charge in [0, 0.05) is 50.4 Å². The molecule has 6 nitrogen and oxygen atoms in total. The van der Waals surface area contributed by atoms with Gasteiger partial charge in [-0.15, -0.1) is 0 Å². The van der Waals surface area contributed by atoms with Crippen molar-refractivity contribution < 1.29 is 18.7 Å². The second-order valence-corrected chi connectivity index (χ2v) is 6.47. The molecule has 1 fully saturated rings. The molecule has 25 heavy (non-hydrogen) atoms. The fraction of sp³-hybridized carbons (Fsp3) is 0.529. The van der Waals surface area contributed by atoms with Crippen LogP contribution < -0.4 is 0 Å². The van der Waals surface area contributed by atoms with Crippen molar-refractivity contribution in [2.24, 2.45) is 0 Å². The van der Waals surface area contributed by atoms with Crippen molar-refractivity contribution in [3.8, 4) is 0 Å². The summed E-state index contributed by atoms with van der Waals surface area (Å²) >= 11 is 6.03. The molecular formula is C17H23ClFN3O3. The van der Waals surface area contributed by atoms with Crippen LogP contribution in [0.2, 0.25) is 5.02 Å². The van der Waals surface area contributed by atoms with Crippen LogP contribution in [0, 0.1) is 5.82 Å². The van der Waals surface area contributed by atoms with E-state index in [9.17, 15) is 14.0 Å². The Kier molecular flexibility index (Phi) is 6.61. The van der Waals surface area contributed by atoms with Crippen molar-refractivity contribution in [2.45, 2.75) is 19.5 Å². The van der Waals surface area contributed by atoms with E-state index in [1.165, 1.54) is 24.1 Å². The molecule has 2 rings (SSSR count). The van der Waals surface area contributed by atoms with Gasteiger partial charge in [0.05, 0.1) is 13.2 Å². The van der Waals surface area contributed by atoms with Gasteiger partial charge in [-0.1, -0.05) is 17.7 Å². The third-order valence-electron chi connectivity index (χ3n) is 4.49. The zero-order valence-electron chi connectivity index (χ0n) is 14.7. The molecule has 8 heteroatoms. The summed E-state index contributed by atoms with van der Waals surface area (Å²) in [5.41, 5.74) is 0.308. The summed E-state index contributed by atoms with van der Waals surface area (Å²) in [5, 5.41) is 0.305. The molecule has 0 aliphatic carbocycles. The molecule has 138 valence electrons. The summed E-state index contributed by atoms with van der Waals surface area (Å²) in [5.74, 6) is -0.544. The summed E-state index contributed by atoms with van der Waals surface area (Å²) in [6, 6.07) is 4.10. The van der Waals surface area contributed by atoms with Crippen LogP contribution in [0.15, 0.2) is 18.2 Å². The van der Waals surface area contributed by atoms with E-state index in [0.717, 1.165) is 0 Å². The molecule has 2 amide bonds. The van der Waals surface area contributed by atoms with Crippen molar-refractivity contribution in [3.63, 3.8) is 0 Å². The number of hydrogen-bond donors (Lipinski definition) is 0. The standard InChI is InChI=1S/C17H23ClFN3O3/c1-12(21-7-9-22(10-8-21)17(24)25-3)16(23)20(2)11-13-14(18)5-4-6-15(13)19/h4-6,12H,7-11H2,1-3H3. The van der Waals surface area contributed by atoms with Crippen LogP contribution in [-0.4, -0.2) is 73.1 Å². The Morgan fingerprint density at radius 2 is 1.96 bits per heavy atom. The minimum Gasteiger partial charge on any atom is -0.453 e. The number of methoxy groups -OCH3 is 1. The van der Waals surface area contributed by atoms with Crippen molar-refractivity contribution in [2.75, 3.05) is 40.3 Å². The van der Waals surface area contributed by atoms with Gasteiger partial charge in [0.2, 0.25) is 5.91 Å². The molecule has 0 spiro atoms. The lowest BCUT2D eigenvalue weighted by Gasteiger charge is -2.37. The van der Waals surface area contributed by atoms with Gasteiger partial charge in [-0.3, -0.25) is 9.69 Å². The minimum atomic E-state index is -0.425. The Morgan fingerprint density at radius 3 is 2.52 bits per heavy atom. The highest BCUT2D eigenvalue weighted by Gasteiger charge is 2.29. The molecule has 1 aromatic carbocycles. The van der Waals surface area contributed by atoms with Gasteiger partial charge in [-0.05, 0) is 19.1 Å². The molecule has 1 saturated heterocycles. The van der Waals surface area contributed by atoms with E-state index < -0.39 is 5.82 Å². The van der Waals surface area contributed by atoms with Crippen molar-refractivity contribution in [1.29, 1.82) is 0 Å². The van der Waals surface area contributed by atoms with E-state index in [1.807, 2.05) is 11.8 Å². The molecule has 1 heterocycles. The molecule has 0 radical (unpaired) electrons. The lowest BCUT2D eigenvalue weighted by molar-refractivity contribution is -0.136. The molecule has 0 bridgehead atoms. The van der Waals surface area contributed by atoms with Crippen LogP contribution in [0.3, 0.4) is 0 Å². The summed E-state index contributed by atoms with van der Waals surface area (Å²) < 4.78 is 18.6. The number of rotatable bonds is 4. The maximum atomic E-state index is 13.9. The number of carbonyl (C=O) groups excluding carboxylic acids is 2. The second kappa shape index (κ2) is 8.49. The zero-order chi connectivity index (χ0) is 18.6. The Hall–Kier alpha value is -1.86. The summed E-state index contributed by atoms with van der Waals surface area (Å²) in [7, 11) is 2.98. The van der Waals surface area contributed by atoms with Gasteiger partial charge in [0.1, 0.15) is 5.82 Å². The maximum absolute atomic E-state index is 13.9. The summed E-state index contributed by atoms with van der Waals surface area (Å²) in [6.45, 7) is 4.10. The Balaban J connectivity index is 1.95. The predicted octanol–water partition coefficient (Wildman–Crippen LogP) is 2.21. The lowest BCUT2D eigenvalue weighted by Crippen LogP contribution is -2.55. The largest absolute Gasteiger partial charge is 0.453 e. The van der Waals surface area contributed by atoms with E-state index in [0.29, 0.717) is 36.8 Å². The van der Waals surface area contributed by atoms with Gasteiger partial charge in [0.15, 0.2) is 0 Å². The molecule has 0 aromatic heterocycles. The number of ether oxygens (including phenoxy) is 1. The number of carbonyl (C=O) groups is 2. The third kappa shape index (κ3) is 4.61. The number of piperazine rings is 1. The van der Waals surface area contributed by atoms with Gasteiger partial charge in [-0.2, -0.15) is 0 Å². The minimum absolute atomic E-state index is 0.108. The van der Waals surface area contributed by atoms with Gasteiger partial charge in [0.25, 0.3) is 0 Å². The molecule has 1 atom stereocenters. The highest BCUT2D eigenvalue weighted by atomic mass is 35.5. The maximum Gasteiger partial charge on any atom is 0.409 e. The molecule has 1 aliphatic rings.